The Morgan fingerprint density at radius 3 is 2.27 bits per heavy atom. The van der Waals surface area contributed by atoms with E-state index in [2.05, 4.69) is 50.4 Å². The van der Waals surface area contributed by atoms with Gasteiger partial charge in [0.2, 0.25) is 0 Å². The van der Waals surface area contributed by atoms with Crippen LogP contribution in [0.2, 0.25) is 0 Å². The van der Waals surface area contributed by atoms with Crippen LogP contribution in [0.15, 0.2) is 30.3 Å². The molecule has 0 heterocycles. The third kappa shape index (κ3) is 4.23. The summed E-state index contributed by atoms with van der Waals surface area (Å²) < 4.78 is 0. The summed E-state index contributed by atoms with van der Waals surface area (Å²) in [7, 11) is 0. The molecule has 15 heavy (non-hydrogen) atoms. The highest BCUT2D eigenvalue weighted by molar-refractivity contribution is 6.18. The SMILES string of the molecule is CC(C)(C)C(CCl)NCc1ccccc1. The molecule has 0 amide bonds. The van der Waals surface area contributed by atoms with Crippen molar-refractivity contribution in [1.29, 1.82) is 0 Å². The highest BCUT2D eigenvalue weighted by Gasteiger charge is 2.22. The fraction of sp³-hybridized carbons (Fsp3) is 0.538. The Balaban J connectivity index is 2.49. The first-order chi connectivity index (χ1) is 7.04. The zero-order valence-corrected chi connectivity index (χ0v) is 10.5. The maximum Gasteiger partial charge on any atom is 0.0382 e. The molecule has 0 aliphatic carbocycles. The maximum atomic E-state index is 5.96. The van der Waals surface area contributed by atoms with Gasteiger partial charge in [0.15, 0.2) is 0 Å². The lowest BCUT2D eigenvalue weighted by molar-refractivity contribution is 0.288. The number of nitrogens with one attached hydrogen (secondary N) is 1. The van der Waals surface area contributed by atoms with Crippen LogP contribution in [-0.4, -0.2) is 11.9 Å². The minimum Gasteiger partial charge on any atom is -0.308 e. The molecule has 1 nitrogen and oxygen atoms in total. The van der Waals surface area contributed by atoms with E-state index in [4.69, 9.17) is 11.6 Å². The molecule has 0 bridgehead atoms. The van der Waals surface area contributed by atoms with Crippen LogP contribution in [0.4, 0.5) is 0 Å². The molecular formula is C13H20ClN. The van der Waals surface area contributed by atoms with Gasteiger partial charge in [-0.1, -0.05) is 51.1 Å². The first-order valence-electron chi connectivity index (χ1n) is 5.37. The predicted molar refractivity (Wildman–Crippen MR) is 67.2 cm³/mol. The zero-order chi connectivity index (χ0) is 11.3. The lowest BCUT2D eigenvalue weighted by Crippen LogP contribution is -2.41. The number of hydrogen-bond donors (Lipinski definition) is 1. The van der Waals surface area contributed by atoms with Crippen molar-refractivity contribution in [2.75, 3.05) is 5.88 Å². The van der Waals surface area contributed by atoms with Gasteiger partial charge in [-0.2, -0.15) is 0 Å². The maximum absolute atomic E-state index is 5.96. The van der Waals surface area contributed by atoms with Crippen LogP contribution in [-0.2, 0) is 6.54 Å². The van der Waals surface area contributed by atoms with Crippen molar-refractivity contribution in [3.63, 3.8) is 0 Å². The second-order valence-corrected chi connectivity index (χ2v) is 5.25. The van der Waals surface area contributed by atoms with Gasteiger partial charge in [0.1, 0.15) is 0 Å². The van der Waals surface area contributed by atoms with Gasteiger partial charge in [-0.15, -0.1) is 11.6 Å². The summed E-state index contributed by atoms with van der Waals surface area (Å²) in [5, 5.41) is 3.49. The quantitative estimate of drug-likeness (QED) is 0.775. The van der Waals surface area contributed by atoms with Crippen LogP contribution in [0.1, 0.15) is 26.3 Å². The Bertz CT molecular complexity index is 276. The van der Waals surface area contributed by atoms with E-state index in [-0.39, 0.29) is 5.41 Å². The monoisotopic (exact) mass is 225 g/mol. The van der Waals surface area contributed by atoms with Gasteiger partial charge in [0.25, 0.3) is 0 Å². The van der Waals surface area contributed by atoms with Gasteiger partial charge < -0.3 is 5.32 Å². The van der Waals surface area contributed by atoms with Gasteiger partial charge >= 0.3 is 0 Å². The number of benzene rings is 1. The van der Waals surface area contributed by atoms with Crippen molar-refractivity contribution >= 4 is 11.6 Å². The Morgan fingerprint density at radius 2 is 1.80 bits per heavy atom. The third-order valence-electron chi connectivity index (χ3n) is 2.60. The van der Waals surface area contributed by atoms with Crippen molar-refractivity contribution in [1.82, 2.24) is 5.32 Å². The fourth-order valence-corrected chi connectivity index (χ4v) is 2.00. The van der Waals surface area contributed by atoms with Gasteiger partial charge in [-0.05, 0) is 11.0 Å². The van der Waals surface area contributed by atoms with Crippen molar-refractivity contribution in [3.8, 4) is 0 Å². The van der Waals surface area contributed by atoms with Crippen LogP contribution in [0, 0.1) is 5.41 Å². The van der Waals surface area contributed by atoms with E-state index in [1.54, 1.807) is 0 Å². The standard InChI is InChI=1S/C13H20ClN/c1-13(2,3)12(9-14)15-10-11-7-5-4-6-8-11/h4-8,12,15H,9-10H2,1-3H3. The molecule has 0 fully saturated rings. The van der Waals surface area contributed by atoms with Crippen LogP contribution in [0.5, 0.6) is 0 Å². The van der Waals surface area contributed by atoms with E-state index in [9.17, 15) is 0 Å². The lowest BCUT2D eigenvalue weighted by atomic mass is 9.88. The molecule has 0 saturated carbocycles. The molecule has 1 rings (SSSR count). The molecular weight excluding hydrogens is 206 g/mol. The third-order valence-corrected chi connectivity index (χ3v) is 2.90. The number of hydrogen-bond acceptors (Lipinski definition) is 1. The molecule has 0 aliphatic heterocycles. The molecule has 0 radical (unpaired) electrons. The Labute approximate surface area is 97.8 Å². The molecule has 0 aromatic heterocycles. The van der Waals surface area contributed by atoms with E-state index in [1.165, 1.54) is 5.56 Å². The van der Waals surface area contributed by atoms with Crippen molar-refractivity contribution in [2.45, 2.75) is 33.4 Å². The summed E-state index contributed by atoms with van der Waals surface area (Å²) >= 11 is 5.96. The summed E-state index contributed by atoms with van der Waals surface area (Å²) in [6.07, 6.45) is 0. The van der Waals surface area contributed by atoms with E-state index >= 15 is 0 Å². The second kappa shape index (κ2) is 5.53. The van der Waals surface area contributed by atoms with Gasteiger partial charge in [-0.25, -0.2) is 0 Å². The lowest BCUT2D eigenvalue weighted by Gasteiger charge is -2.30. The molecule has 1 atom stereocenters. The van der Waals surface area contributed by atoms with E-state index in [0.29, 0.717) is 11.9 Å². The van der Waals surface area contributed by atoms with Crippen molar-refractivity contribution in [3.05, 3.63) is 35.9 Å². The van der Waals surface area contributed by atoms with Crippen LogP contribution in [0.25, 0.3) is 0 Å². The van der Waals surface area contributed by atoms with E-state index in [1.807, 2.05) is 6.07 Å². The summed E-state index contributed by atoms with van der Waals surface area (Å²) in [5.41, 5.74) is 1.51. The molecule has 1 aromatic rings. The highest BCUT2D eigenvalue weighted by atomic mass is 35.5. The van der Waals surface area contributed by atoms with Gasteiger partial charge in [0, 0.05) is 18.5 Å². The molecule has 1 unspecified atom stereocenters. The number of rotatable bonds is 4. The number of alkyl halides is 1. The average Bonchev–Trinajstić information content (AvgIpc) is 2.18. The molecule has 0 aliphatic rings. The molecule has 2 heteroatoms. The fourth-order valence-electron chi connectivity index (χ4n) is 1.43. The summed E-state index contributed by atoms with van der Waals surface area (Å²) in [6.45, 7) is 7.50. The first-order valence-corrected chi connectivity index (χ1v) is 5.91. The summed E-state index contributed by atoms with van der Waals surface area (Å²) in [6, 6.07) is 10.8. The zero-order valence-electron chi connectivity index (χ0n) is 9.76. The summed E-state index contributed by atoms with van der Waals surface area (Å²) in [5.74, 6) is 0.649. The highest BCUT2D eigenvalue weighted by Crippen LogP contribution is 2.20. The molecule has 0 spiro atoms. The largest absolute Gasteiger partial charge is 0.308 e. The summed E-state index contributed by atoms with van der Waals surface area (Å²) in [4.78, 5) is 0. The second-order valence-electron chi connectivity index (χ2n) is 4.94. The smallest absolute Gasteiger partial charge is 0.0382 e. The Kier molecular flexibility index (Phi) is 4.62. The number of halogens is 1. The van der Waals surface area contributed by atoms with E-state index < -0.39 is 0 Å². The molecule has 0 saturated heterocycles. The van der Waals surface area contributed by atoms with Crippen molar-refractivity contribution < 1.29 is 0 Å². The average molecular weight is 226 g/mol. The van der Waals surface area contributed by atoms with Gasteiger partial charge in [0.05, 0.1) is 0 Å². The molecule has 1 aromatic carbocycles. The minimum absolute atomic E-state index is 0.205. The van der Waals surface area contributed by atoms with E-state index in [0.717, 1.165) is 6.54 Å². The topological polar surface area (TPSA) is 12.0 Å². The molecule has 1 N–H and O–H groups in total. The van der Waals surface area contributed by atoms with Crippen LogP contribution < -0.4 is 5.32 Å². The van der Waals surface area contributed by atoms with Crippen LogP contribution in [0.3, 0.4) is 0 Å². The minimum atomic E-state index is 0.205. The molecule has 84 valence electrons. The van der Waals surface area contributed by atoms with Gasteiger partial charge in [-0.3, -0.25) is 0 Å². The van der Waals surface area contributed by atoms with Crippen LogP contribution >= 0.6 is 11.6 Å². The predicted octanol–water partition coefficient (Wildman–Crippen LogP) is 3.43. The first kappa shape index (κ1) is 12.5. The normalized spacial score (nSPS) is 13.9. The van der Waals surface area contributed by atoms with Crippen molar-refractivity contribution in [2.24, 2.45) is 5.41 Å². The Hall–Kier alpha value is -0.530. The Morgan fingerprint density at radius 1 is 1.20 bits per heavy atom.